The van der Waals surface area contributed by atoms with Crippen molar-refractivity contribution in [1.82, 2.24) is 10.3 Å². The van der Waals surface area contributed by atoms with E-state index in [0.717, 1.165) is 0 Å². The molecule has 0 radical (unpaired) electrons. The van der Waals surface area contributed by atoms with Gasteiger partial charge in [-0.05, 0) is 19.1 Å². The quantitative estimate of drug-likeness (QED) is 0.748. The van der Waals surface area contributed by atoms with E-state index < -0.39 is 11.9 Å². The molecule has 0 unspecified atom stereocenters. The molecule has 0 aliphatic heterocycles. The predicted octanol–water partition coefficient (Wildman–Crippen LogP) is 1.28. The van der Waals surface area contributed by atoms with Gasteiger partial charge in [0.1, 0.15) is 5.88 Å². The molecule has 0 saturated heterocycles. The first-order valence-corrected chi connectivity index (χ1v) is 4.75. The molecule has 5 nitrogen and oxygen atoms in total. The standard InChI is InChI=1S/C9H10ClN3O2/c1-6-7(3-2-4-11-6)12-9(15)13-8(14)5-10/h2-4H,5H2,1H3,(H2,12,13,14,15). The van der Waals surface area contributed by atoms with Gasteiger partial charge in [0, 0.05) is 6.20 Å². The van der Waals surface area contributed by atoms with Crippen molar-refractivity contribution in [3.05, 3.63) is 24.0 Å². The van der Waals surface area contributed by atoms with Crippen LogP contribution in [0.15, 0.2) is 18.3 Å². The number of urea groups is 1. The Labute approximate surface area is 91.8 Å². The number of aromatic nitrogens is 1. The number of aryl methyl sites for hydroxylation is 1. The molecule has 0 aromatic carbocycles. The molecule has 0 fully saturated rings. The Bertz CT molecular complexity index is 381. The topological polar surface area (TPSA) is 71.1 Å². The highest BCUT2D eigenvalue weighted by Crippen LogP contribution is 2.09. The summed E-state index contributed by atoms with van der Waals surface area (Å²) in [5.74, 6) is -0.796. The second kappa shape index (κ2) is 5.31. The van der Waals surface area contributed by atoms with Crippen LogP contribution in [0.1, 0.15) is 5.69 Å². The first-order chi connectivity index (χ1) is 7.13. The lowest BCUT2D eigenvalue weighted by molar-refractivity contribution is -0.117. The maximum absolute atomic E-state index is 11.2. The average molecular weight is 228 g/mol. The molecule has 2 N–H and O–H groups in total. The second-order valence-electron chi connectivity index (χ2n) is 2.77. The summed E-state index contributed by atoms with van der Waals surface area (Å²) in [7, 11) is 0. The van der Waals surface area contributed by atoms with Crippen LogP contribution in [0.4, 0.5) is 10.5 Å². The molecule has 1 heterocycles. The summed E-state index contributed by atoms with van der Waals surface area (Å²) >= 11 is 5.23. The Morgan fingerprint density at radius 1 is 1.53 bits per heavy atom. The molecule has 0 atom stereocenters. The summed E-state index contributed by atoms with van der Waals surface area (Å²) in [4.78, 5) is 26.0. The van der Waals surface area contributed by atoms with Gasteiger partial charge in [-0.3, -0.25) is 15.1 Å². The fourth-order valence-electron chi connectivity index (χ4n) is 0.930. The van der Waals surface area contributed by atoms with Gasteiger partial charge in [-0.1, -0.05) is 0 Å². The van der Waals surface area contributed by atoms with Crippen LogP contribution in [0.2, 0.25) is 0 Å². The van der Waals surface area contributed by atoms with Crippen LogP contribution >= 0.6 is 11.6 Å². The van der Waals surface area contributed by atoms with Crippen molar-refractivity contribution in [3.8, 4) is 0 Å². The summed E-state index contributed by atoms with van der Waals surface area (Å²) in [5.41, 5.74) is 1.23. The first kappa shape index (κ1) is 11.5. The Balaban J connectivity index is 2.59. The van der Waals surface area contributed by atoms with Gasteiger partial charge in [0.15, 0.2) is 0 Å². The first-order valence-electron chi connectivity index (χ1n) is 4.22. The molecule has 1 aromatic heterocycles. The number of rotatable bonds is 2. The van der Waals surface area contributed by atoms with Crippen molar-refractivity contribution in [1.29, 1.82) is 0 Å². The van der Waals surface area contributed by atoms with Crippen LogP contribution in [0.5, 0.6) is 0 Å². The number of nitrogens with one attached hydrogen (secondary N) is 2. The second-order valence-corrected chi connectivity index (χ2v) is 3.04. The largest absolute Gasteiger partial charge is 0.325 e. The number of carbonyl (C=O) groups excluding carboxylic acids is 2. The highest BCUT2D eigenvalue weighted by Gasteiger charge is 2.07. The Morgan fingerprint density at radius 2 is 2.27 bits per heavy atom. The van der Waals surface area contributed by atoms with E-state index in [1.165, 1.54) is 0 Å². The van der Waals surface area contributed by atoms with E-state index in [4.69, 9.17) is 11.6 Å². The highest BCUT2D eigenvalue weighted by atomic mass is 35.5. The lowest BCUT2D eigenvalue weighted by atomic mass is 10.3. The molecule has 0 aliphatic carbocycles. The lowest BCUT2D eigenvalue weighted by Crippen LogP contribution is -2.35. The number of alkyl halides is 1. The zero-order valence-electron chi connectivity index (χ0n) is 8.08. The number of pyridine rings is 1. The Kier molecular flexibility index (Phi) is 4.05. The molecule has 3 amide bonds. The number of carbonyl (C=O) groups is 2. The highest BCUT2D eigenvalue weighted by molar-refractivity contribution is 6.28. The number of hydrogen-bond donors (Lipinski definition) is 2. The van der Waals surface area contributed by atoms with Gasteiger partial charge in [0.05, 0.1) is 11.4 Å². The smallest absolute Gasteiger partial charge is 0.306 e. The van der Waals surface area contributed by atoms with Crippen LogP contribution < -0.4 is 10.6 Å². The molecule has 1 aromatic rings. The third-order valence-electron chi connectivity index (χ3n) is 1.63. The van der Waals surface area contributed by atoms with Gasteiger partial charge in [-0.15, -0.1) is 11.6 Å². The van der Waals surface area contributed by atoms with Gasteiger partial charge in [0.25, 0.3) is 0 Å². The fourth-order valence-corrected chi connectivity index (χ4v) is 0.997. The van der Waals surface area contributed by atoms with Crippen LogP contribution in [0.25, 0.3) is 0 Å². The molecule has 0 spiro atoms. The summed E-state index contributed by atoms with van der Waals surface area (Å²) in [6.07, 6.45) is 1.61. The van der Waals surface area contributed by atoms with Gasteiger partial charge >= 0.3 is 6.03 Å². The summed E-state index contributed by atoms with van der Waals surface area (Å²) in [5, 5.41) is 4.54. The predicted molar refractivity (Wildman–Crippen MR) is 56.9 cm³/mol. The number of anilines is 1. The number of amides is 3. The molecule has 0 saturated carbocycles. The van der Waals surface area contributed by atoms with E-state index in [0.29, 0.717) is 11.4 Å². The zero-order valence-corrected chi connectivity index (χ0v) is 8.84. The summed E-state index contributed by atoms with van der Waals surface area (Å²) in [6.45, 7) is 1.75. The third-order valence-corrected chi connectivity index (χ3v) is 1.87. The van der Waals surface area contributed by atoms with E-state index in [1.807, 2.05) is 0 Å². The SMILES string of the molecule is Cc1ncccc1NC(=O)NC(=O)CCl. The van der Waals surface area contributed by atoms with Crippen molar-refractivity contribution >= 4 is 29.2 Å². The molecule has 1 rings (SSSR count). The minimum absolute atomic E-state index is 0.251. The van der Waals surface area contributed by atoms with Crippen LogP contribution in [-0.2, 0) is 4.79 Å². The summed E-state index contributed by atoms with van der Waals surface area (Å²) < 4.78 is 0. The van der Waals surface area contributed by atoms with Gasteiger partial charge in [0.2, 0.25) is 5.91 Å². The number of hydrogen-bond acceptors (Lipinski definition) is 3. The molecule has 15 heavy (non-hydrogen) atoms. The normalized spacial score (nSPS) is 9.47. The molecular formula is C9H10ClN3O2. The Hall–Kier alpha value is -1.62. The van der Waals surface area contributed by atoms with Gasteiger partial charge < -0.3 is 5.32 Å². The van der Waals surface area contributed by atoms with Crippen LogP contribution in [0.3, 0.4) is 0 Å². The van der Waals surface area contributed by atoms with Crippen molar-refractivity contribution < 1.29 is 9.59 Å². The van der Waals surface area contributed by atoms with Crippen LogP contribution in [-0.4, -0.2) is 22.8 Å². The lowest BCUT2D eigenvalue weighted by Gasteiger charge is -2.06. The van der Waals surface area contributed by atoms with Crippen molar-refractivity contribution in [2.24, 2.45) is 0 Å². The van der Waals surface area contributed by atoms with E-state index in [1.54, 1.807) is 25.3 Å². The van der Waals surface area contributed by atoms with E-state index in [9.17, 15) is 9.59 Å². The maximum Gasteiger partial charge on any atom is 0.325 e. The van der Waals surface area contributed by atoms with Gasteiger partial charge in [-0.2, -0.15) is 0 Å². The third kappa shape index (κ3) is 3.55. The van der Waals surface area contributed by atoms with Crippen molar-refractivity contribution in [2.45, 2.75) is 6.92 Å². The number of halogens is 1. The number of imide groups is 1. The monoisotopic (exact) mass is 227 g/mol. The van der Waals surface area contributed by atoms with Gasteiger partial charge in [-0.25, -0.2) is 4.79 Å². The molecule has 6 heteroatoms. The average Bonchev–Trinajstić information content (AvgIpc) is 2.21. The van der Waals surface area contributed by atoms with E-state index in [2.05, 4.69) is 15.6 Å². The number of nitrogens with zero attached hydrogens (tertiary/aromatic N) is 1. The van der Waals surface area contributed by atoms with E-state index in [-0.39, 0.29) is 5.88 Å². The molecule has 80 valence electrons. The van der Waals surface area contributed by atoms with Crippen molar-refractivity contribution in [2.75, 3.05) is 11.2 Å². The van der Waals surface area contributed by atoms with E-state index >= 15 is 0 Å². The molecular weight excluding hydrogens is 218 g/mol. The molecule has 0 aliphatic rings. The summed E-state index contributed by atoms with van der Waals surface area (Å²) in [6, 6.07) is 2.76. The fraction of sp³-hybridized carbons (Fsp3) is 0.222. The maximum atomic E-state index is 11.2. The van der Waals surface area contributed by atoms with Crippen molar-refractivity contribution in [3.63, 3.8) is 0 Å². The Morgan fingerprint density at radius 3 is 2.87 bits per heavy atom. The minimum Gasteiger partial charge on any atom is -0.306 e. The zero-order chi connectivity index (χ0) is 11.3. The minimum atomic E-state index is -0.614. The van der Waals surface area contributed by atoms with Crippen LogP contribution in [0, 0.1) is 6.92 Å². The molecule has 0 bridgehead atoms.